The normalized spacial score (nSPS) is 15.9. The van der Waals surface area contributed by atoms with Crippen LogP contribution in [0.25, 0.3) is 0 Å². The molecule has 0 aromatic rings. The van der Waals surface area contributed by atoms with E-state index in [0.717, 1.165) is 12.8 Å². The lowest BCUT2D eigenvalue weighted by molar-refractivity contribution is -0.153. The smallest absolute Gasteiger partial charge is 0.338 e. The van der Waals surface area contributed by atoms with E-state index in [1.807, 2.05) is 20.8 Å². The third-order valence-electron chi connectivity index (χ3n) is 3.04. The lowest BCUT2D eigenvalue weighted by atomic mass is 9.99. The average Bonchev–Trinajstić information content (AvgIpc) is 2.29. The van der Waals surface area contributed by atoms with Gasteiger partial charge >= 0.3 is 5.97 Å². The number of rotatable bonds is 4. The van der Waals surface area contributed by atoms with Gasteiger partial charge in [-0.15, -0.1) is 0 Å². The molecule has 1 aliphatic carbocycles. The van der Waals surface area contributed by atoms with E-state index in [1.165, 1.54) is 12.2 Å². The minimum Gasteiger partial charge on any atom is -0.456 e. The fourth-order valence-corrected chi connectivity index (χ4v) is 1.36. The van der Waals surface area contributed by atoms with E-state index < -0.39 is 5.60 Å². The molecule has 0 aromatic heterocycles. The Morgan fingerprint density at radius 2 is 2.00 bits per heavy atom. The Hall–Kier alpha value is -1.38. The Balaban J connectivity index is 2.67. The van der Waals surface area contributed by atoms with Crippen LogP contribution in [0.4, 0.5) is 0 Å². The lowest BCUT2D eigenvalue weighted by Gasteiger charge is -2.27. The Kier molecular flexibility index (Phi) is 4.05. The summed E-state index contributed by atoms with van der Waals surface area (Å²) >= 11 is 0. The van der Waals surface area contributed by atoms with Crippen LogP contribution in [0.3, 0.4) is 0 Å². The minimum atomic E-state index is -0.410. The summed E-state index contributed by atoms with van der Waals surface area (Å²) in [5.74, 6) is -0.319. The maximum absolute atomic E-state index is 11.8. The van der Waals surface area contributed by atoms with Crippen LogP contribution in [-0.2, 0) is 14.3 Å². The second-order valence-corrected chi connectivity index (χ2v) is 4.21. The number of hydrogen-bond acceptors (Lipinski definition) is 3. The molecule has 0 aromatic carbocycles. The molecule has 3 heteroatoms. The minimum absolute atomic E-state index is 0.0188. The van der Waals surface area contributed by atoms with Gasteiger partial charge in [0.15, 0.2) is 5.78 Å². The first kappa shape index (κ1) is 12.7. The second kappa shape index (κ2) is 5.10. The number of carbonyl (C=O) groups excluding carboxylic acids is 2. The zero-order valence-corrected chi connectivity index (χ0v) is 10.1. The molecule has 1 rings (SSSR count). The number of allylic oxidation sites excluding steroid dienone is 2. The summed E-state index contributed by atoms with van der Waals surface area (Å²) in [6.07, 6.45) is 6.42. The predicted octanol–water partition coefficient (Wildman–Crippen LogP) is 2.56. The third-order valence-corrected chi connectivity index (χ3v) is 3.04. The van der Waals surface area contributed by atoms with Crippen molar-refractivity contribution in [1.82, 2.24) is 0 Å². The molecule has 0 amide bonds. The summed E-state index contributed by atoms with van der Waals surface area (Å²) in [5, 5.41) is 0. The molecule has 0 spiro atoms. The molecule has 0 fully saturated rings. The molecule has 0 unspecified atom stereocenters. The molecule has 3 nitrogen and oxygen atoms in total. The summed E-state index contributed by atoms with van der Waals surface area (Å²) < 4.78 is 5.44. The van der Waals surface area contributed by atoms with Crippen molar-refractivity contribution in [3.05, 3.63) is 23.8 Å². The van der Waals surface area contributed by atoms with Gasteiger partial charge in [0.1, 0.15) is 5.60 Å². The van der Waals surface area contributed by atoms with Crippen molar-refractivity contribution in [2.24, 2.45) is 0 Å². The monoisotopic (exact) mass is 222 g/mol. The van der Waals surface area contributed by atoms with Crippen molar-refractivity contribution in [3.63, 3.8) is 0 Å². The first-order chi connectivity index (χ1) is 7.50. The van der Waals surface area contributed by atoms with Crippen molar-refractivity contribution in [1.29, 1.82) is 0 Å². The standard InChI is InChI=1S/C13H18O3/c1-4-13(3,5-2)16-12(15)10-6-8-11(14)9-7-10/h6-8H,4-5,9H2,1-3H3. The van der Waals surface area contributed by atoms with Crippen LogP contribution in [0.15, 0.2) is 23.8 Å². The molecule has 16 heavy (non-hydrogen) atoms. The second-order valence-electron chi connectivity index (χ2n) is 4.21. The fourth-order valence-electron chi connectivity index (χ4n) is 1.36. The van der Waals surface area contributed by atoms with Gasteiger partial charge in [0.2, 0.25) is 0 Å². The van der Waals surface area contributed by atoms with Crippen molar-refractivity contribution >= 4 is 11.8 Å². The van der Waals surface area contributed by atoms with E-state index >= 15 is 0 Å². The van der Waals surface area contributed by atoms with Crippen LogP contribution in [0, 0.1) is 0 Å². The largest absolute Gasteiger partial charge is 0.456 e. The summed E-state index contributed by atoms with van der Waals surface area (Å²) in [6, 6.07) is 0. The number of carbonyl (C=O) groups is 2. The SMILES string of the molecule is CCC(C)(CC)OC(=O)C1=CCC(=O)C=C1. The zero-order valence-electron chi connectivity index (χ0n) is 10.1. The number of ether oxygens (including phenoxy) is 1. The maximum atomic E-state index is 11.8. The molecule has 0 saturated carbocycles. The van der Waals surface area contributed by atoms with Crippen LogP contribution < -0.4 is 0 Å². The van der Waals surface area contributed by atoms with Crippen molar-refractivity contribution in [2.45, 2.75) is 45.6 Å². The quantitative estimate of drug-likeness (QED) is 0.686. The summed E-state index contributed by atoms with van der Waals surface area (Å²) in [6.45, 7) is 5.90. The van der Waals surface area contributed by atoms with Gasteiger partial charge in [-0.25, -0.2) is 4.79 Å². The average molecular weight is 222 g/mol. The van der Waals surface area contributed by atoms with Gasteiger partial charge in [-0.3, -0.25) is 4.79 Å². The highest BCUT2D eigenvalue weighted by molar-refractivity contribution is 6.00. The van der Waals surface area contributed by atoms with E-state index in [0.29, 0.717) is 5.57 Å². The molecule has 0 bridgehead atoms. The van der Waals surface area contributed by atoms with E-state index in [4.69, 9.17) is 4.74 Å². The molecule has 88 valence electrons. The molecule has 0 aliphatic heterocycles. The van der Waals surface area contributed by atoms with Gasteiger partial charge in [0, 0.05) is 6.42 Å². The summed E-state index contributed by atoms with van der Waals surface area (Å²) in [5.41, 5.74) is 0.0699. The predicted molar refractivity (Wildman–Crippen MR) is 61.9 cm³/mol. The molecule has 0 saturated heterocycles. The van der Waals surface area contributed by atoms with Crippen LogP contribution >= 0.6 is 0 Å². The van der Waals surface area contributed by atoms with E-state index in [2.05, 4.69) is 0 Å². The summed E-state index contributed by atoms with van der Waals surface area (Å²) in [7, 11) is 0. The lowest BCUT2D eigenvalue weighted by Crippen LogP contribution is -2.30. The van der Waals surface area contributed by atoms with Crippen molar-refractivity contribution in [3.8, 4) is 0 Å². The van der Waals surface area contributed by atoms with E-state index in [1.54, 1.807) is 6.08 Å². The van der Waals surface area contributed by atoms with E-state index in [9.17, 15) is 9.59 Å². The first-order valence-electron chi connectivity index (χ1n) is 5.65. The Morgan fingerprint density at radius 1 is 1.38 bits per heavy atom. The van der Waals surface area contributed by atoms with Gasteiger partial charge in [0.05, 0.1) is 5.57 Å². The van der Waals surface area contributed by atoms with Crippen LogP contribution in [0.1, 0.15) is 40.0 Å². The van der Waals surface area contributed by atoms with Crippen LogP contribution in [-0.4, -0.2) is 17.4 Å². The molecular weight excluding hydrogens is 204 g/mol. The maximum Gasteiger partial charge on any atom is 0.338 e. The van der Waals surface area contributed by atoms with Gasteiger partial charge in [-0.1, -0.05) is 19.9 Å². The highest BCUT2D eigenvalue weighted by atomic mass is 16.6. The highest BCUT2D eigenvalue weighted by Crippen LogP contribution is 2.22. The first-order valence-corrected chi connectivity index (χ1v) is 5.65. The topological polar surface area (TPSA) is 43.4 Å². The molecule has 0 N–H and O–H groups in total. The van der Waals surface area contributed by atoms with Crippen LogP contribution in [0.2, 0.25) is 0 Å². The highest BCUT2D eigenvalue weighted by Gasteiger charge is 2.26. The van der Waals surface area contributed by atoms with Gasteiger partial charge in [-0.05, 0) is 31.9 Å². The van der Waals surface area contributed by atoms with Crippen LogP contribution in [0.5, 0.6) is 0 Å². The molecule has 1 aliphatic rings. The Bertz CT molecular complexity index is 346. The number of ketones is 1. The van der Waals surface area contributed by atoms with Crippen molar-refractivity contribution in [2.75, 3.05) is 0 Å². The zero-order chi connectivity index (χ0) is 12.2. The summed E-state index contributed by atoms with van der Waals surface area (Å²) in [4.78, 5) is 22.7. The molecular formula is C13H18O3. The number of esters is 1. The van der Waals surface area contributed by atoms with Gasteiger partial charge in [-0.2, -0.15) is 0 Å². The van der Waals surface area contributed by atoms with E-state index in [-0.39, 0.29) is 18.2 Å². The number of hydrogen-bond donors (Lipinski definition) is 0. The molecule has 0 radical (unpaired) electrons. The third kappa shape index (κ3) is 3.05. The van der Waals surface area contributed by atoms with Gasteiger partial charge < -0.3 is 4.74 Å². The molecule has 0 atom stereocenters. The fraction of sp³-hybridized carbons (Fsp3) is 0.538. The van der Waals surface area contributed by atoms with Gasteiger partial charge in [0.25, 0.3) is 0 Å². The molecule has 0 heterocycles. The van der Waals surface area contributed by atoms with Crippen molar-refractivity contribution < 1.29 is 14.3 Å². The Morgan fingerprint density at radius 3 is 2.44 bits per heavy atom. The Labute approximate surface area is 96.2 Å².